The SMILES string of the molecule is C.CC(C)c1cc(Oc2c(Cl)cc(CC(=O)c3noc(=O)[nH]3)c(F)c2Cl)nn(C)c1=O.CC(C)c1cc(Oc2c(Cl)cc(N)c(F)c2Cl)nn(C)c1=O.CC(C)c1cc(Oc2c(Cl)cc(N)cc2Cl)nn(C)c1=O.O=C(Cl)c1noc(=O)[nH]1. The highest BCUT2D eigenvalue weighted by molar-refractivity contribution is 6.67. The number of aromatic amines is 2. The van der Waals surface area contributed by atoms with E-state index in [1.54, 1.807) is 13.1 Å². The number of nitrogens with one attached hydrogen (secondary N) is 2. The zero-order valence-corrected chi connectivity index (χ0v) is 49.3. The van der Waals surface area contributed by atoms with E-state index in [0.29, 0.717) is 22.4 Å². The highest BCUT2D eigenvalue weighted by Crippen LogP contribution is 2.42. The number of aromatic nitrogens is 10. The van der Waals surface area contributed by atoms with Crippen molar-refractivity contribution in [3.8, 4) is 34.9 Å². The van der Waals surface area contributed by atoms with Crippen LogP contribution in [0.1, 0.15) is 110 Å². The zero-order chi connectivity index (χ0) is 61.3. The quantitative estimate of drug-likeness (QED) is 0.0360. The maximum Gasteiger partial charge on any atom is 0.439 e. The van der Waals surface area contributed by atoms with Crippen molar-refractivity contribution in [1.29, 1.82) is 0 Å². The Morgan fingerprint density at radius 1 is 0.566 bits per heavy atom. The molecular formula is C50H49Cl7F2N12O12. The number of rotatable bonds is 13. The van der Waals surface area contributed by atoms with Gasteiger partial charge in [-0.25, -0.2) is 32.4 Å². The number of hydrogen-bond donors (Lipinski definition) is 4. The van der Waals surface area contributed by atoms with Gasteiger partial charge < -0.3 is 25.7 Å². The molecule has 0 aliphatic heterocycles. The molecule has 444 valence electrons. The van der Waals surface area contributed by atoms with Crippen LogP contribution < -0.4 is 53.9 Å². The third kappa shape index (κ3) is 17.2. The van der Waals surface area contributed by atoms with Crippen LogP contribution in [0.25, 0.3) is 0 Å². The molecule has 0 fully saturated rings. The Morgan fingerprint density at radius 3 is 1.27 bits per heavy atom. The number of ketones is 1. The number of nitrogens with two attached hydrogens (primary N) is 2. The van der Waals surface area contributed by atoms with E-state index in [0.717, 1.165) is 9.36 Å². The summed E-state index contributed by atoms with van der Waals surface area (Å²) in [7, 11) is 4.51. The number of nitrogen functional groups attached to an aromatic ring is 2. The molecule has 24 nitrogen and oxygen atoms in total. The molecule has 0 aliphatic rings. The van der Waals surface area contributed by atoms with Gasteiger partial charge in [-0.05, 0) is 59.2 Å². The first-order valence-corrected chi connectivity index (χ1v) is 25.9. The second-order valence-electron chi connectivity index (χ2n) is 17.8. The van der Waals surface area contributed by atoms with Crippen LogP contribution in [0.15, 0.2) is 75.5 Å². The van der Waals surface area contributed by atoms with Crippen LogP contribution >= 0.6 is 81.2 Å². The monoisotopic (exact) mass is 1290 g/mol. The highest BCUT2D eigenvalue weighted by Gasteiger charge is 2.24. The summed E-state index contributed by atoms with van der Waals surface area (Å²) in [6.07, 6.45) is -0.483. The van der Waals surface area contributed by atoms with Gasteiger partial charge in [-0.2, -0.15) is 0 Å². The minimum absolute atomic E-state index is 0. The van der Waals surface area contributed by atoms with Crippen molar-refractivity contribution in [3.05, 3.63) is 170 Å². The van der Waals surface area contributed by atoms with Gasteiger partial charge in [0.2, 0.25) is 35.1 Å². The topological polar surface area (TPSA) is 336 Å². The fourth-order valence-corrected chi connectivity index (χ4v) is 8.44. The number of Topliss-reactive ketones (excluding diaryl/α,β-unsaturated/α-hetero) is 1. The third-order valence-corrected chi connectivity index (χ3v) is 12.7. The molecular weight excluding hydrogens is 1250 g/mol. The molecule has 0 radical (unpaired) electrons. The van der Waals surface area contributed by atoms with E-state index in [-0.39, 0.29) is 125 Å². The number of carbonyl (C=O) groups is 2. The maximum atomic E-state index is 14.8. The fourth-order valence-electron chi connectivity index (χ4n) is 6.65. The van der Waals surface area contributed by atoms with Crippen LogP contribution in [0.3, 0.4) is 0 Å². The van der Waals surface area contributed by atoms with Gasteiger partial charge >= 0.3 is 11.5 Å². The molecule has 0 saturated carbocycles. The summed E-state index contributed by atoms with van der Waals surface area (Å²) >= 11 is 41.1. The Balaban J connectivity index is 0.000000251. The maximum absolute atomic E-state index is 14.8. The van der Waals surface area contributed by atoms with Crippen LogP contribution in [0, 0.1) is 11.6 Å². The molecule has 0 atom stereocenters. The molecule has 0 spiro atoms. The van der Waals surface area contributed by atoms with Gasteiger partial charge in [0.15, 0.2) is 23.1 Å². The van der Waals surface area contributed by atoms with Crippen molar-refractivity contribution in [3.63, 3.8) is 0 Å². The predicted molar refractivity (Wildman–Crippen MR) is 308 cm³/mol. The van der Waals surface area contributed by atoms with Gasteiger partial charge in [0.05, 0.1) is 25.8 Å². The molecule has 5 aromatic heterocycles. The number of nitrogens with zero attached hydrogens (tertiary/aromatic N) is 8. The molecule has 0 bridgehead atoms. The number of hydrogen-bond acceptors (Lipinski definition) is 19. The van der Waals surface area contributed by atoms with Gasteiger partial charge in [0, 0.05) is 68.1 Å². The normalized spacial score (nSPS) is 10.8. The van der Waals surface area contributed by atoms with E-state index in [4.69, 9.17) is 107 Å². The Labute approximate surface area is 503 Å². The van der Waals surface area contributed by atoms with Crippen LogP contribution in [-0.2, 0) is 27.6 Å². The standard InChI is InChI=1S/C18H15Cl2FN4O5.C14H14Cl2FN3O2.C14H15Cl2N3O2.C3HClN2O3.CH4/c1-7(2)9-6-12(23-25(3)17(9)27)29-15-10(19)4-8(14(21)13(15)20)5-11(26)16-22-18(28)30-24-16;1-6(2)7-4-10(19-20(3)14(7)21)22-13-8(15)5-9(18)12(17)11(13)16;1-7(2)9-6-12(18-19(3)14(9)20)21-13-10(15)4-8(17)5-11(13)16;4-1(7)2-5-3(8)9-6-2;/h4,6-7H,5H2,1-3H3,(H,22,24,28);4-6H,18H2,1-3H3;4-7H,17H2,1-3H3;(H,5,6,8);1H4. The van der Waals surface area contributed by atoms with Crippen molar-refractivity contribution in [2.24, 2.45) is 21.1 Å². The van der Waals surface area contributed by atoms with Crippen molar-refractivity contribution < 1.29 is 41.6 Å². The summed E-state index contributed by atoms with van der Waals surface area (Å²) in [5.74, 6) is -4.64. The van der Waals surface area contributed by atoms with E-state index in [1.165, 1.54) is 55.2 Å². The van der Waals surface area contributed by atoms with Gasteiger partial charge in [-0.15, -0.1) is 15.3 Å². The largest absolute Gasteiger partial charge is 0.439 e. The number of halogens is 9. The fraction of sp³-hybridized carbons (Fsp3) is 0.280. The zero-order valence-electron chi connectivity index (χ0n) is 44.0. The van der Waals surface area contributed by atoms with Crippen LogP contribution in [0.4, 0.5) is 20.2 Å². The molecule has 0 aliphatic carbocycles. The van der Waals surface area contributed by atoms with E-state index < -0.39 is 45.6 Å². The van der Waals surface area contributed by atoms with Gasteiger partial charge in [0.1, 0.15) is 15.9 Å². The van der Waals surface area contributed by atoms with E-state index in [2.05, 4.69) is 39.6 Å². The Hall–Kier alpha value is -7.59. The second kappa shape index (κ2) is 29.1. The summed E-state index contributed by atoms with van der Waals surface area (Å²) in [6, 6.07) is 9.94. The second-order valence-corrected chi connectivity index (χ2v) is 20.6. The third-order valence-electron chi connectivity index (χ3n) is 10.7. The summed E-state index contributed by atoms with van der Waals surface area (Å²) in [6.45, 7) is 11.2. The Bertz CT molecular complexity index is 4010. The molecule has 0 saturated heterocycles. The number of carbonyl (C=O) groups excluding carboxylic acids is 2. The summed E-state index contributed by atoms with van der Waals surface area (Å²) in [4.78, 5) is 83.4. The number of ether oxygens (including phenoxy) is 3. The van der Waals surface area contributed by atoms with E-state index in [9.17, 15) is 42.3 Å². The average Bonchev–Trinajstić information content (AvgIpc) is 4.06. The first kappa shape index (κ1) is 67.9. The predicted octanol–water partition coefficient (Wildman–Crippen LogP) is 10.9. The minimum atomic E-state index is -0.941. The highest BCUT2D eigenvalue weighted by atomic mass is 35.5. The molecule has 0 amide bonds. The lowest BCUT2D eigenvalue weighted by Gasteiger charge is -2.14. The minimum Gasteiger partial charge on any atom is -0.434 e. The molecule has 5 heterocycles. The number of aryl methyl sites for hydroxylation is 3. The van der Waals surface area contributed by atoms with Crippen molar-refractivity contribution in [2.75, 3.05) is 11.5 Å². The van der Waals surface area contributed by atoms with Crippen molar-refractivity contribution in [2.45, 2.75) is 73.1 Å². The number of anilines is 2. The Morgan fingerprint density at radius 2 is 0.916 bits per heavy atom. The lowest BCUT2D eigenvalue weighted by atomic mass is 10.1. The van der Waals surface area contributed by atoms with Crippen molar-refractivity contribution in [1.82, 2.24) is 49.6 Å². The molecule has 6 N–H and O–H groups in total. The van der Waals surface area contributed by atoms with Crippen LogP contribution in [-0.4, -0.2) is 60.6 Å². The smallest absolute Gasteiger partial charge is 0.434 e. The number of benzene rings is 3. The van der Waals surface area contributed by atoms with Gasteiger partial charge in [-0.3, -0.25) is 43.0 Å². The lowest BCUT2D eigenvalue weighted by molar-refractivity contribution is 0.0978. The van der Waals surface area contributed by atoms with Gasteiger partial charge in [0.25, 0.3) is 21.9 Å². The first-order chi connectivity index (χ1) is 38.3. The summed E-state index contributed by atoms with van der Waals surface area (Å²) < 4.78 is 56.8. The molecule has 8 aromatic rings. The van der Waals surface area contributed by atoms with Crippen molar-refractivity contribution >= 4 is 104 Å². The van der Waals surface area contributed by atoms with Crippen LogP contribution in [0.5, 0.6) is 34.9 Å². The molecule has 33 heteroatoms. The summed E-state index contributed by atoms with van der Waals surface area (Å²) in [5.41, 5.74) is 12.1. The van der Waals surface area contributed by atoms with Gasteiger partial charge in [-0.1, -0.05) is 129 Å². The van der Waals surface area contributed by atoms with E-state index in [1.807, 2.05) is 46.5 Å². The lowest BCUT2D eigenvalue weighted by Crippen LogP contribution is -2.24. The summed E-state index contributed by atoms with van der Waals surface area (Å²) in [5, 5.41) is 17.1. The number of H-pyrrole nitrogens is 2. The van der Waals surface area contributed by atoms with E-state index >= 15 is 0 Å². The first-order valence-electron chi connectivity index (χ1n) is 23.3. The molecule has 3 aromatic carbocycles. The average molecular weight is 1300 g/mol. The molecule has 83 heavy (non-hydrogen) atoms. The molecule has 8 rings (SSSR count). The molecule has 0 unspecified atom stereocenters. The van der Waals surface area contributed by atoms with Crippen LogP contribution in [0.2, 0.25) is 30.1 Å². The Kier molecular flexibility index (Phi) is 23.8.